The molecule has 0 amide bonds. The Bertz CT molecular complexity index is 584. The quantitative estimate of drug-likeness (QED) is 0.864. The van der Waals surface area contributed by atoms with Crippen molar-refractivity contribution in [2.24, 2.45) is 0 Å². The largest absolute Gasteiger partial charge is 0.461 e. The Kier molecular flexibility index (Phi) is 4.61. The molecule has 0 aliphatic carbocycles. The van der Waals surface area contributed by atoms with Crippen LogP contribution in [0.4, 0.5) is 0 Å². The fourth-order valence-electron chi connectivity index (χ4n) is 3.30. The van der Waals surface area contributed by atoms with Crippen LogP contribution in [-0.4, -0.2) is 19.3 Å². The molecule has 3 nitrogen and oxygen atoms in total. The van der Waals surface area contributed by atoms with Crippen molar-refractivity contribution in [2.75, 3.05) is 13.2 Å². The standard InChI is InChI=1S/C18H25NO2/c1-3-11-19-18(16-10-7-12-20-16)17-13-8-5-6-9-15(13)21-14(17)4-2/h5-6,8-9,16,18-19H,3-4,7,10-12H2,1-2H3. The smallest absolute Gasteiger partial charge is 0.134 e. The van der Waals surface area contributed by atoms with E-state index in [2.05, 4.69) is 37.4 Å². The van der Waals surface area contributed by atoms with Crippen LogP contribution in [0.15, 0.2) is 28.7 Å². The summed E-state index contributed by atoms with van der Waals surface area (Å²) in [6.45, 7) is 6.25. The molecule has 0 spiro atoms. The van der Waals surface area contributed by atoms with Crippen LogP contribution in [0.1, 0.15) is 50.5 Å². The summed E-state index contributed by atoms with van der Waals surface area (Å²) in [4.78, 5) is 0. The van der Waals surface area contributed by atoms with Crippen molar-refractivity contribution in [1.29, 1.82) is 0 Å². The first kappa shape index (κ1) is 14.6. The second kappa shape index (κ2) is 6.63. The molecule has 2 heterocycles. The van der Waals surface area contributed by atoms with E-state index in [9.17, 15) is 0 Å². The molecule has 2 unspecified atom stereocenters. The molecule has 1 aliphatic rings. The monoisotopic (exact) mass is 287 g/mol. The fourth-order valence-corrected chi connectivity index (χ4v) is 3.30. The highest BCUT2D eigenvalue weighted by molar-refractivity contribution is 5.83. The van der Waals surface area contributed by atoms with Crippen LogP contribution in [0.25, 0.3) is 11.0 Å². The summed E-state index contributed by atoms with van der Waals surface area (Å²) in [6.07, 6.45) is 4.60. The molecule has 1 aliphatic heterocycles. The van der Waals surface area contributed by atoms with Gasteiger partial charge in [-0.15, -0.1) is 0 Å². The molecule has 0 saturated carbocycles. The molecule has 1 N–H and O–H groups in total. The molecule has 1 fully saturated rings. The van der Waals surface area contributed by atoms with Gasteiger partial charge < -0.3 is 14.5 Å². The molecule has 3 heteroatoms. The van der Waals surface area contributed by atoms with Crippen molar-refractivity contribution in [3.8, 4) is 0 Å². The third-order valence-corrected chi connectivity index (χ3v) is 4.29. The van der Waals surface area contributed by atoms with E-state index < -0.39 is 0 Å². The van der Waals surface area contributed by atoms with Crippen LogP contribution in [0.3, 0.4) is 0 Å². The summed E-state index contributed by atoms with van der Waals surface area (Å²) in [7, 11) is 0. The number of ether oxygens (including phenoxy) is 1. The normalized spacial score (nSPS) is 20.2. The minimum atomic E-state index is 0.242. The fraction of sp³-hybridized carbons (Fsp3) is 0.556. The van der Waals surface area contributed by atoms with E-state index in [1.807, 2.05) is 6.07 Å². The lowest BCUT2D eigenvalue weighted by Crippen LogP contribution is -2.32. The topological polar surface area (TPSA) is 34.4 Å². The highest BCUT2D eigenvalue weighted by Gasteiger charge is 2.31. The van der Waals surface area contributed by atoms with E-state index in [1.165, 1.54) is 10.9 Å². The average molecular weight is 287 g/mol. The molecule has 0 bridgehead atoms. The Balaban J connectivity index is 2.04. The molecule has 1 aromatic heterocycles. The highest BCUT2D eigenvalue weighted by atomic mass is 16.5. The highest BCUT2D eigenvalue weighted by Crippen LogP contribution is 2.36. The van der Waals surface area contributed by atoms with Gasteiger partial charge >= 0.3 is 0 Å². The third kappa shape index (κ3) is 2.85. The molecule has 114 valence electrons. The molecule has 1 saturated heterocycles. The number of para-hydroxylation sites is 1. The predicted octanol–water partition coefficient (Wildman–Crippen LogP) is 4.21. The number of hydrogen-bond donors (Lipinski definition) is 1. The van der Waals surface area contributed by atoms with Gasteiger partial charge in [0.05, 0.1) is 12.1 Å². The zero-order valence-electron chi connectivity index (χ0n) is 13.0. The number of rotatable bonds is 6. The lowest BCUT2D eigenvalue weighted by atomic mass is 9.95. The minimum Gasteiger partial charge on any atom is -0.461 e. The first-order valence-electron chi connectivity index (χ1n) is 8.20. The maximum Gasteiger partial charge on any atom is 0.134 e. The Morgan fingerprint density at radius 2 is 2.14 bits per heavy atom. The Morgan fingerprint density at radius 3 is 2.86 bits per heavy atom. The molecule has 3 rings (SSSR count). The van der Waals surface area contributed by atoms with Crippen molar-refractivity contribution in [3.63, 3.8) is 0 Å². The number of furan rings is 1. The second-order valence-electron chi connectivity index (χ2n) is 5.77. The zero-order valence-corrected chi connectivity index (χ0v) is 13.0. The van der Waals surface area contributed by atoms with Crippen molar-refractivity contribution >= 4 is 11.0 Å². The van der Waals surface area contributed by atoms with Gasteiger partial charge in [-0.05, 0) is 31.9 Å². The van der Waals surface area contributed by atoms with Crippen LogP contribution in [0.5, 0.6) is 0 Å². The predicted molar refractivity (Wildman–Crippen MR) is 85.6 cm³/mol. The van der Waals surface area contributed by atoms with Gasteiger partial charge in [0.25, 0.3) is 0 Å². The molecular formula is C18H25NO2. The summed E-state index contributed by atoms with van der Waals surface area (Å²) in [5, 5.41) is 4.93. The summed E-state index contributed by atoms with van der Waals surface area (Å²) >= 11 is 0. The van der Waals surface area contributed by atoms with Crippen molar-refractivity contribution < 1.29 is 9.15 Å². The van der Waals surface area contributed by atoms with Crippen LogP contribution < -0.4 is 5.32 Å². The first-order valence-corrected chi connectivity index (χ1v) is 8.20. The lowest BCUT2D eigenvalue weighted by molar-refractivity contribution is 0.0781. The summed E-state index contributed by atoms with van der Waals surface area (Å²) in [6, 6.07) is 8.60. The van der Waals surface area contributed by atoms with Gasteiger partial charge in [0.2, 0.25) is 0 Å². The van der Waals surface area contributed by atoms with E-state index in [0.29, 0.717) is 0 Å². The number of aryl methyl sites for hydroxylation is 1. The SMILES string of the molecule is CCCNC(c1c(CC)oc2ccccc12)C1CCCO1. The lowest BCUT2D eigenvalue weighted by Gasteiger charge is -2.24. The van der Waals surface area contributed by atoms with E-state index >= 15 is 0 Å². The van der Waals surface area contributed by atoms with E-state index in [1.54, 1.807) is 0 Å². The van der Waals surface area contributed by atoms with Crippen LogP contribution in [0, 0.1) is 0 Å². The van der Waals surface area contributed by atoms with Gasteiger partial charge in [0, 0.05) is 24.0 Å². The van der Waals surface area contributed by atoms with Crippen molar-refractivity contribution in [2.45, 2.75) is 51.7 Å². The number of fused-ring (bicyclic) bond motifs is 1. The van der Waals surface area contributed by atoms with Gasteiger partial charge in [0.15, 0.2) is 0 Å². The van der Waals surface area contributed by atoms with Gasteiger partial charge in [0.1, 0.15) is 11.3 Å². The molecular weight excluding hydrogens is 262 g/mol. The maximum atomic E-state index is 6.07. The number of hydrogen-bond acceptors (Lipinski definition) is 3. The van der Waals surface area contributed by atoms with Gasteiger partial charge in [-0.25, -0.2) is 0 Å². The second-order valence-corrected chi connectivity index (χ2v) is 5.77. The summed E-state index contributed by atoms with van der Waals surface area (Å²) < 4.78 is 12.1. The number of benzene rings is 1. The van der Waals surface area contributed by atoms with Gasteiger partial charge in [-0.2, -0.15) is 0 Å². The Hall–Kier alpha value is -1.32. The Labute approximate surface area is 126 Å². The van der Waals surface area contributed by atoms with E-state index in [4.69, 9.17) is 9.15 Å². The summed E-state index contributed by atoms with van der Waals surface area (Å²) in [5.74, 6) is 1.10. The van der Waals surface area contributed by atoms with E-state index in [-0.39, 0.29) is 12.1 Å². The van der Waals surface area contributed by atoms with E-state index in [0.717, 1.165) is 50.2 Å². The van der Waals surface area contributed by atoms with Crippen LogP contribution in [0.2, 0.25) is 0 Å². The molecule has 1 aromatic carbocycles. The van der Waals surface area contributed by atoms with Crippen LogP contribution in [-0.2, 0) is 11.2 Å². The molecule has 0 radical (unpaired) electrons. The third-order valence-electron chi connectivity index (χ3n) is 4.29. The molecule has 2 atom stereocenters. The summed E-state index contributed by atoms with van der Waals surface area (Å²) in [5.41, 5.74) is 2.30. The average Bonchev–Trinajstić information content (AvgIpc) is 3.16. The Morgan fingerprint density at radius 1 is 1.29 bits per heavy atom. The van der Waals surface area contributed by atoms with Gasteiger partial charge in [-0.1, -0.05) is 32.0 Å². The first-order chi connectivity index (χ1) is 10.3. The molecule has 21 heavy (non-hydrogen) atoms. The van der Waals surface area contributed by atoms with Crippen molar-refractivity contribution in [3.05, 3.63) is 35.6 Å². The molecule has 2 aromatic rings. The van der Waals surface area contributed by atoms with Crippen LogP contribution >= 0.6 is 0 Å². The minimum absolute atomic E-state index is 0.242. The van der Waals surface area contributed by atoms with Crippen molar-refractivity contribution in [1.82, 2.24) is 5.32 Å². The number of nitrogens with one attached hydrogen (secondary N) is 1. The maximum absolute atomic E-state index is 6.07. The zero-order chi connectivity index (χ0) is 14.7. The van der Waals surface area contributed by atoms with Gasteiger partial charge in [-0.3, -0.25) is 0 Å².